The van der Waals surface area contributed by atoms with Crippen molar-refractivity contribution < 1.29 is 4.74 Å². The van der Waals surface area contributed by atoms with E-state index in [9.17, 15) is 0 Å². The highest BCUT2D eigenvalue weighted by Crippen LogP contribution is 2.37. The molecule has 0 aromatic carbocycles. The third-order valence-corrected chi connectivity index (χ3v) is 4.45. The van der Waals surface area contributed by atoms with E-state index in [1.54, 1.807) is 7.11 Å². The van der Waals surface area contributed by atoms with Gasteiger partial charge in [-0.1, -0.05) is 6.07 Å². The topological polar surface area (TPSA) is 42.3 Å². The van der Waals surface area contributed by atoms with Crippen LogP contribution in [0.3, 0.4) is 0 Å². The van der Waals surface area contributed by atoms with E-state index >= 15 is 0 Å². The minimum atomic E-state index is 0.0508. The zero-order valence-electron chi connectivity index (χ0n) is 12.8. The molecule has 2 aromatic heterocycles. The molecule has 22 heavy (non-hydrogen) atoms. The summed E-state index contributed by atoms with van der Waals surface area (Å²) in [5.41, 5.74) is 2.21. The van der Waals surface area contributed by atoms with Gasteiger partial charge in [-0.2, -0.15) is 0 Å². The Hall–Kier alpha value is -1.92. The summed E-state index contributed by atoms with van der Waals surface area (Å²) in [5.74, 6) is 0. The molecule has 0 spiro atoms. The van der Waals surface area contributed by atoms with Crippen molar-refractivity contribution in [2.75, 3.05) is 20.8 Å². The summed E-state index contributed by atoms with van der Waals surface area (Å²) in [5, 5.41) is 4.14. The molecule has 3 heterocycles. The Labute approximate surface area is 135 Å². The second kappa shape index (κ2) is 6.46. The first-order valence-corrected chi connectivity index (χ1v) is 7.71. The number of hydrogen-bond acceptors (Lipinski definition) is 3. The summed E-state index contributed by atoms with van der Waals surface area (Å²) in [6.45, 7) is 1.51. The minimum Gasteiger partial charge on any atom is -0.383 e. The van der Waals surface area contributed by atoms with Crippen LogP contribution in [0.15, 0.2) is 42.7 Å². The van der Waals surface area contributed by atoms with Crippen LogP contribution in [0, 0.1) is 0 Å². The molecule has 0 unspecified atom stereocenters. The van der Waals surface area contributed by atoms with Crippen LogP contribution in [0.5, 0.6) is 0 Å². The van der Waals surface area contributed by atoms with E-state index < -0.39 is 0 Å². The number of nitrogens with zero attached hydrogens (tertiary/aromatic N) is 3. The fourth-order valence-electron chi connectivity index (χ4n) is 2.92. The molecular formula is C16H20N4OS. The van der Waals surface area contributed by atoms with Gasteiger partial charge in [-0.3, -0.25) is 4.98 Å². The smallest absolute Gasteiger partial charge is 0.169 e. The maximum atomic E-state index is 5.45. The molecule has 2 aromatic rings. The van der Waals surface area contributed by atoms with Gasteiger partial charge in [0.25, 0.3) is 0 Å². The van der Waals surface area contributed by atoms with E-state index in [0.29, 0.717) is 6.61 Å². The first-order valence-electron chi connectivity index (χ1n) is 7.30. The Morgan fingerprint density at radius 2 is 2.18 bits per heavy atom. The maximum Gasteiger partial charge on any atom is 0.169 e. The molecule has 5 nitrogen and oxygen atoms in total. The van der Waals surface area contributed by atoms with Crippen LogP contribution in [-0.4, -0.2) is 40.3 Å². The van der Waals surface area contributed by atoms with Gasteiger partial charge in [-0.05, 0) is 36.5 Å². The predicted molar refractivity (Wildman–Crippen MR) is 89.5 cm³/mol. The lowest BCUT2D eigenvalue weighted by atomic mass is 10.0. The molecule has 1 N–H and O–H groups in total. The monoisotopic (exact) mass is 316 g/mol. The molecule has 0 amide bonds. The SMILES string of the molecule is COCCn1cccc1[C@@H]1[C@@H](c2ccccn2)NC(=S)N1C. The lowest BCUT2D eigenvalue weighted by Gasteiger charge is -2.25. The first kappa shape index (κ1) is 15.0. The molecule has 1 aliphatic heterocycles. The van der Waals surface area contributed by atoms with Crippen LogP contribution >= 0.6 is 12.2 Å². The largest absolute Gasteiger partial charge is 0.383 e. The van der Waals surface area contributed by atoms with Crippen molar-refractivity contribution in [2.45, 2.75) is 18.6 Å². The molecule has 0 saturated carbocycles. The van der Waals surface area contributed by atoms with E-state index in [1.165, 1.54) is 5.69 Å². The standard InChI is InChI=1S/C16H20N4OS/c1-19-15(13-7-5-9-20(13)10-11-21-2)14(18-16(19)22)12-6-3-4-8-17-12/h3-9,14-15H,10-11H2,1-2H3,(H,18,22)/t14-,15-/m1/s1. The number of ether oxygens (including phenoxy) is 1. The van der Waals surface area contributed by atoms with Crippen molar-refractivity contribution in [1.29, 1.82) is 0 Å². The average Bonchev–Trinajstić information content (AvgIpc) is 3.11. The van der Waals surface area contributed by atoms with Crippen LogP contribution in [0.1, 0.15) is 23.5 Å². The Kier molecular flexibility index (Phi) is 4.40. The van der Waals surface area contributed by atoms with E-state index in [1.807, 2.05) is 31.4 Å². The van der Waals surface area contributed by atoms with Gasteiger partial charge in [-0.25, -0.2) is 0 Å². The number of thiocarbonyl (C=S) groups is 1. The van der Waals surface area contributed by atoms with Crippen molar-refractivity contribution in [3.63, 3.8) is 0 Å². The van der Waals surface area contributed by atoms with Crippen molar-refractivity contribution in [3.8, 4) is 0 Å². The number of rotatable bonds is 5. The van der Waals surface area contributed by atoms with Gasteiger partial charge >= 0.3 is 0 Å². The van der Waals surface area contributed by atoms with Gasteiger partial charge < -0.3 is 19.5 Å². The lowest BCUT2D eigenvalue weighted by Crippen LogP contribution is -2.26. The van der Waals surface area contributed by atoms with Crippen molar-refractivity contribution >= 4 is 17.3 Å². The van der Waals surface area contributed by atoms with E-state index in [0.717, 1.165) is 17.4 Å². The van der Waals surface area contributed by atoms with Crippen LogP contribution < -0.4 is 5.32 Å². The molecule has 2 atom stereocenters. The summed E-state index contributed by atoms with van der Waals surface area (Å²) in [4.78, 5) is 6.60. The number of nitrogens with one attached hydrogen (secondary N) is 1. The predicted octanol–water partition coefficient (Wildman–Crippen LogP) is 2.13. The molecule has 1 aliphatic rings. The second-order valence-electron chi connectivity index (χ2n) is 5.36. The third-order valence-electron chi connectivity index (χ3n) is 4.04. The zero-order chi connectivity index (χ0) is 15.5. The van der Waals surface area contributed by atoms with Crippen molar-refractivity contribution in [2.24, 2.45) is 0 Å². The highest BCUT2D eigenvalue weighted by molar-refractivity contribution is 7.80. The molecular weight excluding hydrogens is 296 g/mol. The van der Waals surface area contributed by atoms with Crippen molar-refractivity contribution in [3.05, 3.63) is 54.1 Å². The van der Waals surface area contributed by atoms with Crippen LogP contribution in [0.2, 0.25) is 0 Å². The Morgan fingerprint density at radius 1 is 1.32 bits per heavy atom. The molecule has 3 rings (SSSR count). The quantitative estimate of drug-likeness (QED) is 0.856. The Bertz CT molecular complexity index is 643. The van der Waals surface area contributed by atoms with Crippen LogP contribution in [-0.2, 0) is 11.3 Å². The Balaban J connectivity index is 1.95. The number of methoxy groups -OCH3 is 1. The fourth-order valence-corrected chi connectivity index (χ4v) is 3.16. The van der Waals surface area contributed by atoms with Gasteiger partial charge in [-0.15, -0.1) is 0 Å². The lowest BCUT2D eigenvalue weighted by molar-refractivity contribution is 0.184. The summed E-state index contributed by atoms with van der Waals surface area (Å²) >= 11 is 5.45. The fraction of sp³-hybridized carbons (Fsp3) is 0.375. The summed E-state index contributed by atoms with van der Waals surface area (Å²) < 4.78 is 7.42. The molecule has 0 radical (unpaired) electrons. The Morgan fingerprint density at radius 3 is 2.91 bits per heavy atom. The number of hydrogen-bond donors (Lipinski definition) is 1. The second-order valence-corrected chi connectivity index (χ2v) is 5.74. The number of likely N-dealkylation sites (N-methyl/N-ethyl adjacent to an activating group) is 1. The average molecular weight is 316 g/mol. The molecule has 0 aliphatic carbocycles. The van der Waals surface area contributed by atoms with Gasteiger partial charge in [0.1, 0.15) is 0 Å². The highest BCUT2D eigenvalue weighted by atomic mass is 32.1. The number of aromatic nitrogens is 2. The van der Waals surface area contributed by atoms with Gasteiger partial charge in [0.2, 0.25) is 0 Å². The molecule has 0 bridgehead atoms. The van der Waals surface area contributed by atoms with E-state index in [2.05, 4.69) is 38.1 Å². The van der Waals surface area contributed by atoms with Gasteiger partial charge in [0.15, 0.2) is 5.11 Å². The zero-order valence-corrected chi connectivity index (χ0v) is 13.6. The van der Waals surface area contributed by atoms with Gasteiger partial charge in [0.05, 0.1) is 24.4 Å². The van der Waals surface area contributed by atoms with Crippen LogP contribution in [0.4, 0.5) is 0 Å². The molecule has 1 fully saturated rings. The summed E-state index contributed by atoms with van der Waals surface area (Å²) in [6.07, 6.45) is 3.90. The molecule has 1 saturated heterocycles. The minimum absolute atomic E-state index is 0.0508. The highest BCUT2D eigenvalue weighted by Gasteiger charge is 2.38. The first-order chi connectivity index (χ1) is 10.7. The van der Waals surface area contributed by atoms with E-state index in [-0.39, 0.29) is 12.1 Å². The maximum absolute atomic E-state index is 5.45. The number of pyridine rings is 1. The van der Waals surface area contributed by atoms with Crippen LogP contribution in [0.25, 0.3) is 0 Å². The normalized spacial score (nSPS) is 21.2. The van der Waals surface area contributed by atoms with E-state index in [4.69, 9.17) is 17.0 Å². The summed E-state index contributed by atoms with van der Waals surface area (Å²) in [7, 11) is 3.74. The van der Waals surface area contributed by atoms with Gasteiger partial charge in [0, 0.05) is 38.8 Å². The molecule has 116 valence electrons. The van der Waals surface area contributed by atoms with Crippen molar-refractivity contribution in [1.82, 2.24) is 19.8 Å². The molecule has 6 heteroatoms. The third kappa shape index (κ3) is 2.71. The summed E-state index contributed by atoms with van der Waals surface area (Å²) in [6, 6.07) is 10.3.